The van der Waals surface area contributed by atoms with Crippen LogP contribution in [0, 0.1) is 12.1 Å². The van der Waals surface area contributed by atoms with Gasteiger partial charge in [0, 0.05) is 43.5 Å². The first-order valence-corrected chi connectivity index (χ1v) is 23.6. The molecule has 67 heavy (non-hydrogen) atoms. The fourth-order valence-corrected chi connectivity index (χ4v) is 9.26. The van der Waals surface area contributed by atoms with E-state index in [1.165, 1.54) is 33.5 Å². The van der Waals surface area contributed by atoms with Crippen molar-refractivity contribution in [2.24, 2.45) is 0 Å². The van der Waals surface area contributed by atoms with Crippen molar-refractivity contribution in [1.29, 1.82) is 0 Å². The van der Waals surface area contributed by atoms with Gasteiger partial charge in [-0.15, -0.1) is 48.0 Å². The quantitative estimate of drug-likeness (QED) is 0.127. The first kappa shape index (κ1) is 47.7. The minimum absolute atomic E-state index is 0. The molecule has 0 N–H and O–H groups in total. The van der Waals surface area contributed by atoms with E-state index >= 15 is 0 Å². The van der Waals surface area contributed by atoms with Crippen molar-refractivity contribution in [3.63, 3.8) is 0 Å². The van der Waals surface area contributed by atoms with Crippen LogP contribution in [0.1, 0.15) is 130 Å². The van der Waals surface area contributed by atoms with Crippen LogP contribution in [0.25, 0.3) is 39.4 Å². The molecule has 0 unspecified atom stereocenters. The third-order valence-electron chi connectivity index (χ3n) is 13.2. The van der Waals surface area contributed by atoms with Crippen LogP contribution in [0.3, 0.4) is 0 Å². The van der Waals surface area contributed by atoms with Crippen molar-refractivity contribution in [1.82, 2.24) is 14.5 Å². The van der Waals surface area contributed by atoms with Gasteiger partial charge in [-0.3, -0.25) is 4.98 Å². The summed E-state index contributed by atoms with van der Waals surface area (Å²) in [5, 5.41) is 0. The fraction of sp³-hybridized carbons (Fsp3) is 0.300. The van der Waals surface area contributed by atoms with Crippen LogP contribution in [0.5, 0.6) is 23.0 Å². The van der Waals surface area contributed by atoms with Crippen molar-refractivity contribution in [2.75, 3.05) is 0 Å². The third-order valence-corrected chi connectivity index (χ3v) is 13.2. The minimum atomic E-state index is -0.0594. The number of imidazole rings is 1. The van der Waals surface area contributed by atoms with E-state index in [4.69, 9.17) is 14.5 Å². The number of aromatic nitrogens is 3. The number of rotatable bonds is 5. The fourth-order valence-electron chi connectivity index (χ4n) is 9.26. The molecular formula is C60H62BIrN3O2-2. The van der Waals surface area contributed by atoms with E-state index in [1.807, 2.05) is 36.5 Å². The number of hydrogen-bond donors (Lipinski definition) is 0. The summed E-state index contributed by atoms with van der Waals surface area (Å²) in [7, 11) is 0. The molecule has 8 aromatic rings. The Morgan fingerprint density at radius 1 is 0.597 bits per heavy atom. The molecule has 0 aliphatic carbocycles. The molecule has 0 bridgehead atoms. The first-order chi connectivity index (χ1) is 31.3. The molecule has 5 nitrogen and oxygen atoms in total. The van der Waals surface area contributed by atoms with Crippen molar-refractivity contribution < 1.29 is 29.6 Å². The zero-order valence-corrected chi connectivity index (χ0v) is 43.7. The summed E-state index contributed by atoms with van der Waals surface area (Å²) < 4.78 is 16.3. The van der Waals surface area contributed by atoms with Gasteiger partial charge in [-0.1, -0.05) is 168 Å². The van der Waals surface area contributed by atoms with Crippen LogP contribution < -0.4 is 25.9 Å². The van der Waals surface area contributed by atoms with Gasteiger partial charge in [-0.25, -0.2) is 0 Å². The summed E-state index contributed by atoms with van der Waals surface area (Å²) in [4.78, 5) is 9.86. The molecule has 343 valence electrons. The average Bonchev–Trinajstić information content (AvgIpc) is 3.67. The van der Waals surface area contributed by atoms with E-state index in [1.54, 1.807) is 0 Å². The number of hydrogen-bond acceptors (Lipinski definition) is 4. The van der Waals surface area contributed by atoms with Gasteiger partial charge in [0.2, 0.25) is 6.71 Å². The Morgan fingerprint density at radius 3 is 1.73 bits per heavy atom. The molecule has 6 aromatic carbocycles. The van der Waals surface area contributed by atoms with Crippen LogP contribution in [-0.2, 0) is 36.4 Å². The number of nitrogens with zero attached hydrogens (tertiary/aromatic N) is 3. The normalized spacial score (nSPS) is 12.9. The molecule has 0 saturated heterocycles. The van der Waals surface area contributed by atoms with Crippen LogP contribution in [0.2, 0.25) is 0 Å². The molecule has 0 atom stereocenters. The van der Waals surface area contributed by atoms with E-state index < -0.39 is 0 Å². The van der Waals surface area contributed by atoms with Gasteiger partial charge in [-0.2, -0.15) is 0 Å². The molecule has 0 fully saturated rings. The SMILES string of the molecule is CC(C)(C)c1ccc(-c2[c-]cccc2)nc1.CC(C)c1cccc(C(C)C)c1-n1c(-c2[c-]cc3c4c2Oc2cc(C(C)(C)C)ccc2B4c2ccc(C(C)(C)C)cc2O3)nc2ccccc21.[Ir]. The Morgan fingerprint density at radius 2 is 1.18 bits per heavy atom. The number of para-hydroxylation sites is 3. The predicted molar refractivity (Wildman–Crippen MR) is 276 cm³/mol. The second-order valence-corrected chi connectivity index (χ2v) is 21.7. The third kappa shape index (κ3) is 9.06. The number of benzene rings is 6. The Labute approximate surface area is 412 Å². The van der Waals surface area contributed by atoms with Gasteiger partial charge in [0.1, 0.15) is 11.5 Å². The summed E-state index contributed by atoms with van der Waals surface area (Å²) in [6.45, 7) is 29.1. The summed E-state index contributed by atoms with van der Waals surface area (Å²) in [5.74, 6) is 4.77. The van der Waals surface area contributed by atoms with Crippen LogP contribution in [0.4, 0.5) is 0 Å². The average molecular weight is 1060 g/mol. The molecule has 4 heterocycles. The molecule has 0 spiro atoms. The van der Waals surface area contributed by atoms with Gasteiger partial charge < -0.3 is 19.0 Å². The second-order valence-electron chi connectivity index (χ2n) is 21.7. The maximum atomic E-state index is 7.12. The van der Waals surface area contributed by atoms with Gasteiger partial charge in [0.15, 0.2) is 0 Å². The topological polar surface area (TPSA) is 49.2 Å². The predicted octanol–water partition coefficient (Wildman–Crippen LogP) is 13.9. The van der Waals surface area contributed by atoms with Crippen molar-refractivity contribution in [3.8, 4) is 51.3 Å². The van der Waals surface area contributed by atoms with E-state index in [9.17, 15) is 0 Å². The standard InChI is InChI=1S/C45H46BN2O2.C15H16N.Ir/c1-26(2)30-14-13-15-31(27(3)4)41(30)48-36-17-12-11-16-35(36)47-43(48)32-20-23-37-40-42(32)50-39-25-29(45(8,9)10)19-22-34(39)46(40)33-21-18-28(44(5,6)7)24-38(33)49-37;1-15(2,3)13-9-10-14(16-11-13)12-7-5-4-6-8-12;/h11-19,21-27H,1-10H3;4-7,9-11H,1-3H3;/q2*-1;. The van der Waals surface area contributed by atoms with Gasteiger partial charge in [0.25, 0.3) is 0 Å². The molecule has 2 aromatic heterocycles. The number of pyridine rings is 1. The van der Waals surface area contributed by atoms with Crippen LogP contribution in [-0.4, -0.2) is 21.2 Å². The van der Waals surface area contributed by atoms with Crippen LogP contribution in [0.15, 0.2) is 128 Å². The van der Waals surface area contributed by atoms with E-state index in [-0.39, 0.29) is 43.1 Å². The molecule has 1 radical (unpaired) electrons. The maximum absolute atomic E-state index is 7.12. The largest absolute Gasteiger partial charge is 0.503 e. The molecule has 0 amide bonds. The maximum Gasteiger partial charge on any atom is 0.239 e. The molecule has 7 heteroatoms. The number of fused-ring (bicyclic) bond motifs is 5. The van der Waals surface area contributed by atoms with Crippen molar-refractivity contribution in [3.05, 3.63) is 167 Å². The zero-order valence-electron chi connectivity index (χ0n) is 41.3. The van der Waals surface area contributed by atoms with E-state index in [2.05, 4.69) is 203 Å². The minimum Gasteiger partial charge on any atom is -0.503 e. The van der Waals surface area contributed by atoms with E-state index in [0.717, 1.165) is 73.1 Å². The molecule has 2 aliphatic rings. The molecule has 10 rings (SSSR count). The molecule has 2 aliphatic heterocycles. The Kier molecular flexibility index (Phi) is 12.9. The Bertz CT molecular complexity index is 3060. The monoisotopic (exact) mass is 1060 g/mol. The van der Waals surface area contributed by atoms with E-state index in [0.29, 0.717) is 11.8 Å². The molecule has 0 saturated carbocycles. The first-order valence-electron chi connectivity index (χ1n) is 23.6. The van der Waals surface area contributed by atoms with Gasteiger partial charge >= 0.3 is 0 Å². The summed E-state index contributed by atoms with van der Waals surface area (Å²) in [6.07, 6.45) is 1.95. The summed E-state index contributed by atoms with van der Waals surface area (Å²) >= 11 is 0. The Balaban J connectivity index is 0.000000303. The van der Waals surface area contributed by atoms with Crippen molar-refractivity contribution >= 4 is 34.1 Å². The second kappa shape index (κ2) is 18.1. The summed E-state index contributed by atoms with van der Waals surface area (Å²) in [5.41, 5.74) is 15.8. The van der Waals surface area contributed by atoms with Gasteiger partial charge in [0.05, 0.1) is 16.9 Å². The molecular weight excluding hydrogens is 998 g/mol. The van der Waals surface area contributed by atoms with Gasteiger partial charge in [-0.05, 0) is 96.8 Å². The van der Waals surface area contributed by atoms with Crippen molar-refractivity contribution in [2.45, 2.75) is 118 Å². The summed E-state index contributed by atoms with van der Waals surface area (Å²) in [6, 6.07) is 49.7. The smallest absolute Gasteiger partial charge is 0.239 e. The number of ether oxygens (including phenoxy) is 2. The Hall–Kier alpha value is -5.75. The zero-order chi connectivity index (χ0) is 46.9. The van der Waals surface area contributed by atoms with Crippen LogP contribution >= 0.6 is 0 Å².